The van der Waals surface area contributed by atoms with Crippen molar-refractivity contribution in [3.05, 3.63) is 53.3 Å². The fourth-order valence-electron chi connectivity index (χ4n) is 9.99. The topological polar surface area (TPSA) is 82.8 Å². The molecule has 2 bridgehead atoms. The van der Waals surface area contributed by atoms with Gasteiger partial charge in [0.15, 0.2) is 18.1 Å². The van der Waals surface area contributed by atoms with E-state index in [1.54, 1.807) is 18.2 Å². The number of anilines is 1. The highest BCUT2D eigenvalue weighted by Crippen LogP contribution is 2.73. The van der Waals surface area contributed by atoms with Crippen LogP contribution in [0, 0.1) is 29.0 Å². The number of halogens is 2. The Kier molecular flexibility index (Phi) is 6.35. The van der Waals surface area contributed by atoms with E-state index in [9.17, 15) is 5.11 Å². The van der Waals surface area contributed by atoms with E-state index >= 15 is 4.39 Å². The van der Waals surface area contributed by atoms with Gasteiger partial charge < -0.3 is 24.8 Å². The van der Waals surface area contributed by atoms with Crippen molar-refractivity contribution >= 4 is 44.8 Å². The maximum atomic E-state index is 17.0. The third-order valence-electron chi connectivity index (χ3n) is 12.3. The molecule has 1 spiro atoms. The van der Waals surface area contributed by atoms with Crippen molar-refractivity contribution < 1.29 is 23.5 Å². The predicted octanol–water partition coefficient (Wildman–Crippen LogP) is 5.80. The highest BCUT2D eigenvalue weighted by Gasteiger charge is 2.73. The van der Waals surface area contributed by atoms with Crippen LogP contribution in [0.5, 0.6) is 11.8 Å². The van der Waals surface area contributed by atoms with E-state index in [1.165, 1.54) is 18.6 Å². The molecule has 6 aliphatic rings. The quantitative estimate of drug-likeness (QED) is 0.264. The minimum absolute atomic E-state index is 0.0512. The van der Waals surface area contributed by atoms with Crippen molar-refractivity contribution in [2.45, 2.75) is 44.2 Å². The molecule has 242 valence electrons. The predicted molar refractivity (Wildman–Crippen MR) is 179 cm³/mol. The second-order valence-corrected chi connectivity index (χ2v) is 15.1. The Bertz CT molecular complexity index is 1990. The Morgan fingerprint density at radius 2 is 1.98 bits per heavy atom. The van der Waals surface area contributed by atoms with Gasteiger partial charge in [-0.05, 0) is 72.1 Å². The van der Waals surface area contributed by atoms with Gasteiger partial charge in [0.25, 0.3) is 0 Å². The molecule has 2 N–H and O–H groups in total. The van der Waals surface area contributed by atoms with Crippen LogP contribution in [0.2, 0.25) is 5.02 Å². The van der Waals surface area contributed by atoms with Gasteiger partial charge in [0.2, 0.25) is 0 Å². The summed E-state index contributed by atoms with van der Waals surface area (Å²) in [7, 11) is 0. The average Bonchev–Trinajstić information content (AvgIpc) is 3.75. The summed E-state index contributed by atoms with van der Waals surface area (Å²) in [5, 5.41) is 16.7. The molecule has 3 aromatic carbocycles. The van der Waals surface area contributed by atoms with Gasteiger partial charge in [0.05, 0.1) is 11.6 Å². The van der Waals surface area contributed by atoms with E-state index in [0.29, 0.717) is 47.3 Å². The normalized spacial score (nSPS) is 30.9. The second-order valence-electron chi connectivity index (χ2n) is 14.7. The standard InChI is InChI=1S/C37H37ClFN5O3/c38-31-14-28-34(33(39)32(31)26-12-24(45)11-20-3-1-2-4-25(20)26)41-36(42-35(28)44-15-21-5-6-22(16-44)40-21)47-18-30-27-13-29(27)37(30)8-7-23-17-46-10-9-43(23)19-37/h1-4,11-12,14,21-22,27,29-30,40H,5-10,13,15-19H2/p+1/t21?,22?,27?,29?,30?,37-/m1/s1. The molecule has 1 aromatic heterocycles. The largest absolute Gasteiger partial charge is 0.508 e. The van der Waals surface area contributed by atoms with Gasteiger partial charge in [-0.2, -0.15) is 9.97 Å². The van der Waals surface area contributed by atoms with Crippen molar-refractivity contribution in [1.29, 1.82) is 0 Å². The van der Waals surface area contributed by atoms with Crippen LogP contribution in [0.3, 0.4) is 0 Å². The van der Waals surface area contributed by atoms with Crippen molar-refractivity contribution in [1.82, 2.24) is 15.3 Å². The molecule has 6 atom stereocenters. The van der Waals surface area contributed by atoms with E-state index in [1.807, 2.05) is 24.3 Å². The van der Waals surface area contributed by atoms with E-state index < -0.39 is 5.82 Å². The van der Waals surface area contributed by atoms with E-state index in [2.05, 4.69) is 14.8 Å². The molecule has 2 saturated carbocycles. The maximum Gasteiger partial charge on any atom is 0.319 e. The van der Waals surface area contributed by atoms with Crippen LogP contribution in [0.1, 0.15) is 32.1 Å². The Hall–Kier alpha value is -3.53. The molecule has 5 unspecified atom stereocenters. The smallest absolute Gasteiger partial charge is 0.319 e. The number of nitrogens with one attached hydrogen (secondary N) is 1. The van der Waals surface area contributed by atoms with Crippen molar-refractivity contribution in [2.75, 3.05) is 50.9 Å². The van der Waals surface area contributed by atoms with Gasteiger partial charge in [-0.3, -0.25) is 0 Å². The lowest BCUT2D eigenvalue weighted by atomic mass is 9.57. The van der Waals surface area contributed by atoms with Crippen LogP contribution in [-0.2, 0) is 4.74 Å². The first-order valence-corrected chi connectivity index (χ1v) is 17.6. The number of rotatable bonds is 5. The van der Waals surface area contributed by atoms with Gasteiger partial charge in [0.1, 0.15) is 36.8 Å². The van der Waals surface area contributed by atoms with Crippen molar-refractivity contribution in [2.24, 2.45) is 23.2 Å². The zero-order valence-corrected chi connectivity index (χ0v) is 27.0. The minimum atomic E-state index is -0.528. The fourth-order valence-corrected chi connectivity index (χ4v) is 10.3. The zero-order chi connectivity index (χ0) is 31.4. The van der Waals surface area contributed by atoms with Gasteiger partial charge in [-0.15, -0.1) is 0 Å². The number of hydrogen-bond donors (Lipinski definition) is 2. The van der Waals surface area contributed by atoms with Gasteiger partial charge >= 0.3 is 6.01 Å². The lowest BCUT2D eigenvalue weighted by molar-refractivity contribution is -0.567. The Morgan fingerprint density at radius 3 is 2.85 bits per heavy atom. The lowest BCUT2D eigenvalue weighted by Gasteiger charge is -2.49. The molecule has 47 heavy (non-hydrogen) atoms. The number of benzene rings is 3. The Labute approximate surface area is 277 Å². The molecular weight excluding hydrogens is 617 g/mol. The first-order chi connectivity index (χ1) is 22.9. The summed E-state index contributed by atoms with van der Waals surface area (Å²) in [6.45, 7) is 5.74. The van der Waals surface area contributed by atoms with Crippen LogP contribution >= 0.6 is 11.6 Å². The second kappa shape index (κ2) is 10.5. The molecule has 4 fully saturated rings. The Morgan fingerprint density at radius 1 is 1.13 bits per heavy atom. The number of nitrogens with zero attached hydrogens (tertiary/aromatic N) is 4. The van der Waals surface area contributed by atoms with Gasteiger partial charge in [-0.25, -0.2) is 8.97 Å². The van der Waals surface area contributed by atoms with Gasteiger partial charge in [0, 0.05) is 53.9 Å². The summed E-state index contributed by atoms with van der Waals surface area (Å²) in [4.78, 5) is 12.0. The maximum absolute atomic E-state index is 17.0. The van der Waals surface area contributed by atoms with Crippen LogP contribution in [0.4, 0.5) is 10.2 Å². The van der Waals surface area contributed by atoms with Crippen LogP contribution in [0.25, 0.3) is 32.8 Å². The van der Waals surface area contributed by atoms with Crippen molar-refractivity contribution in [3.8, 4) is 22.9 Å². The summed E-state index contributed by atoms with van der Waals surface area (Å²) in [6.07, 6.45) is 5.78. The number of aromatic hydroxyl groups is 1. The monoisotopic (exact) mass is 654 g/mol. The molecule has 10 rings (SSSR count). The molecule has 2 aliphatic carbocycles. The number of fused-ring (bicyclic) bond motifs is 6. The van der Waals surface area contributed by atoms with E-state index in [0.717, 1.165) is 75.3 Å². The number of phenolic OH excluding ortho intramolecular Hbond substituents is 1. The summed E-state index contributed by atoms with van der Waals surface area (Å²) in [5.41, 5.74) is 2.66. The minimum Gasteiger partial charge on any atom is -0.508 e. The molecule has 4 aliphatic heterocycles. The average molecular weight is 655 g/mol. The highest BCUT2D eigenvalue weighted by atomic mass is 35.5. The summed E-state index contributed by atoms with van der Waals surface area (Å²) in [5.74, 6) is 2.12. The molecule has 2 saturated heterocycles. The van der Waals surface area contributed by atoms with Crippen molar-refractivity contribution in [3.63, 3.8) is 0 Å². The molecule has 0 amide bonds. The molecule has 10 heteroatoms. The van der Waals surface area contributed by atoms with Crippen LogP contribution in [-0.4, -0.2) is 83.4 Å². The fraction of sp³-hybridized carbons (Fsp3) is 0.486. The van der Waals surface area contributed by atoms with E-state index in [-0.39, 0.29) is 33.3 Å². The molecule has 8 nitrogen and oxygen atoms in total. The first kappa shape index (κ1) is 28.5. The third kappa shape index (κ3) is 4.42. The number of aromatic nitrogens is 2. The van der Waals surface area contributed by atoms with Gasteiger partial charge in [-0.1, -0.05) is 35.9 Å². The highest BCUT2D eigenvalue weighted by molar-refractivity contribution is 6.35. The third-order valence-corrected chi connectivity index (χ3v) is 12.6. The molecule has 0 radical (unpaired) electrons. The molecule has 5 heterocycles. The Balaban J connectivity index is 1.05. The summed E-state index contributed by atoms with van der Waals surface area (Å²) in [6, 6.07) is 13.6. The number of phenols is 1. The first-order valence-electron chi connectivity index (χ1n) is 17.2. The summed E-state index contributed by atoms with van der Waals surface area (Å²) < 4.78 is 31.9. The number of ether oxygens (including phenoxy) is 2. The number of hydrogen-bond acceptors (Lipinski definition) is 7. The molecular formula is C37H38ClFN5O3+. The summed E-state index contributed by atoms with van der Waals surface area (Å²) >= 11 is 6.94. The molecule has 4 aromatic rings. The zero-order valence-electron chi connectivity index (χ0n) is 26.2. The van der Waals surface area contributed by atoms with Crippen LogP contribution < -0.4 is 15.0 Å². The lowest BCUT2D eigenvalue weighted by Crippen LogP contribution is -2.56. The SMILES string of the molecule is Oc1cc(-c2c(Cl)cc3c(N4CC5CCC(C4)N5)nc(OCC4C5CC5[C@]45CCC4=[N+](CCOC4)C5)nc3c2F)c2ccccc2c1. The van der Waals surface area contributed by atoms with E-state index in [4.69, 9.17) is 31.0 Å². The van der Waals surface area contributed by atoms with Crippen LogP contribution in [0.15, 0.2) is 42.5 Å². The number of piperazine rings is 1.